The highest BCUT2D eigenvalue weighted by Gasteiger charge is 2.31. The Labute approximate surface area is 126 Å². The third kappa shape index (κ3) is 2.46. The lowest BCUT2D eigenvalue weighted by Gasteiger charge is -2.35. The van der Waals surface area contributed by atoms with E-state index in [0.717, 1.165) is 5.06 Å². The highest BCUT2D eigenvalue weighted by molar-refractivity contribution is 6.01. The van der Waals surface area contributed by atoms with Crippen molar-refractivity contribution in [2.45, 2.75) is 13.2 Å². The van der Waals surface area contributed by atoms with Crippen LogP contribution >= 0.6 is 0 Å². The van der Waals surface area contributed by atoms with E-state index in [2.05, 4.69) is 5.32 Å². The summed E-state index contributed by atoms with van der Waals surface area (Å²) in [7, 11) is 0. The number of hydroxylamine groups is 2. The molecule has 118 valence electrons. The Morgan fingerprint density at radius 2 is 2.14 bits per heavy atom. The summed E-state index contributed by atoms with van der Waals surface area (Å²) in [5.74, 6) is -0.00913. The van der Waals surface area contributed by atoms with Crippen molar-refractivity contribution in [1.29, 1.82) is 5.41 Å². The van der Waals surface area contributed by atoms with Crippen LogP contribution in [0.5, 0.6) is 11.5 Å². The van der Waals surface area contributed by atoms with Crippen LogP contribution < -0.4 is 20.5 Å². The van der Waals surface area contributed by atoms with Gasteiger partial charge in [-0.25, -0.2) is 4.39 Å². The molecule has 3 rings (SSSR count). The Morgan fingerprint density at radius 1 is 1.41 bits per heavy atom. The second-order valence-electron chi connectivity index (χ2n) is 4.73. The van der Waals surface area contributed by atoms with Gasteiger partial charge in [-0.2, -0.15) is 5.06 Å². The van der Waals surface area contributed by atoms with Gasteiger partial charge in [-0.1, -0.05) is 0 Å². The van der Waals surface area contributed by atoms with Crippen LogP contribution in [0.1, 0.15) is 12.5 Å². The number of hydrogen-bond donors (Lipinski definition) is 3. The van der Waals surface area contributed by atoms with E-state index in [9.17, 15) is 4.39 Å². The van der Waals surface area contributed by atoms with E-state index in [1.807, 2.05) is 0 Å². The number of halogens is 1. The molecule has 1 aromatic carbocycles. The second-order valence-corrected chi connectivity index (χ2v) is 4.73. The SMILES string of the molecule is CCON1C(=N)C(F)=C(c2ccc3c(c2)OCCO3)NC1N. The Bertz CT molecular complexity index is 635. The first-order chi connectivity index (χ1) is 10.6. The van der Waals surface area contributed by atoms with Crippen molar-refractivity contribution in [3.05, 3.63) is 29.6 Å². The first kappa shape index (κ1) is 14.6. The molecule has 0 aromatic heterocycles. The van der Waals surface area contributed by atoms with Crippen molar-refractivity contribution < 1.29 is 18.7 Å². The quantitative estimate of drug-likeness (QED) is 0.776. The van der Waals surface area contributed by atoms with Crippen molar-refractivity contribution in [1.82, 2.24) is 10.4 Å². The van der Waals surface area contributed by atoms with Gasteiger partial charge >= 0.3 is 0 Å². The summed E-state index contributed by atoms with van der Waals surface area (Å²) in [6.07, 6.45) is -0.852. The maximum absolute atomic E-state index is 14.4. The van der Waals surface area contributed by atoms with Crippen molar-refractivity contribution in [3.63, 3.8) is 0 Å². The van der Waals surface area contributed by atoms with Crippen LogP contribution in [-0.4, -0.2) is 37.0 Å². The summed E-state index contributed by atoms with van der Waals surface area (Å²) in [5.41, 5.74) is 6.53. The van der Waals surface area contributed by atoms with Gasteiger partial charge in [0.1, 0.15) is 13.2 Å². The van der Waals surface area contributed by atoms with Gasteiger partial charge in [-0.05, 0) is 25.1 Å². The number of amidine groups is 1. The molecule has 0 fully saturated rings. The van der Waals surface area contributed by atoms with Gasteiger partial charge in [0.2, 0.25) is 0 Å². The van der Waals surface area contributed by atoms with Gasteiger partial charge in [-0.3, -0.25) is 16.0 Å². The molecular formula is C14H17FN4O3. The van der Waals surface area contributed by atoms with E-state index in [-0.39, 0.29) is 12.3 Å². The van der Waals surface area contributed by atoms with E-state index < -0.39 is 18.0 Å². The number of rotatable bonds is 3. The van der Waals surface area contributed by atoms with Crippen LogP contribution in [0, 0.1) is 5.41 Å². The molecule has 0 radical (unpaired) electrons. The standard InChI is InChI=1S/C14H17FN4O3/c1-2-22-19-13(16)11(15)12(18-14(19)17)8-3-4-9-10(7-8)21-6-5-20-9/h3-4,7,14,16,18H,2,5-6,17H2,1H3. The predicted molar refractivity (Wildman–Crippen MR) is 77.8 cm³/mol. The summed E-state index contributed by atoms with van der Waals surface area (Å²) < 4.78 is 25.4. The predicted octanol–water partition coefficient (Wildman–Crippen LogP) is 1.17. The summed E-state index contributed by atoms with van der Waals surface area (Å²) in [5, 5.41) is 11.6. The van der Waals surface area contributed by atoms with Crippen molar-refractivity contribution in [2.24, 2.45) is 5.73 Å². The monoisotopic (exact) mass is 308 g/mol. The van der Waals surface area contributed by atoms with Gasteiger partial charge in [-0.15, -0.1) is 0 Å². The van der Waals surface area contributed by atoms with E-state index in [0.29, 0.717) is 30.3 Å². The van der Waals surface area contributed by atoms with E-state index in [1.54, 1.807) is 25.1 Å². The zero-order valence-corrected chi connectivity index (χ0v) is 12.1. The lowest BCUT2D eigenvalue weighted by molar-refractivity contribution is -0.129. The third-order valence-corrected chi connectivity index (χ3v) is 3.29. The summed E-state index contributed by atoms with van der Waals surface area (Å²) in [6, 6.07) is 5.05. The Morgan fingerprint density at radius 3 is 2.86 bits per heavy atom. The zero-order valence-electron chi connectivity index (χ0n) is 12.1. The van der Waals surface area contributed by atoms with Crippen molar-refractivity contribution in [3.8, 4) is 11.5 Å². The molecule has 0 amide bonds. The molecule has 4 N–H and O–H groups in total. The molecule has 0 spiro atoms. The first-order valence-corrected chi connectivity index (χ1v) is 6.94. The van der Waals surface area contributed by atoms with Gasteiger partial charge < -0.3 is 14.8 Å². The average molecular weight is 308 g/mol. The first-order valence-electron chi connectivity index (χ1n) is 6.94. The highest BCUT2D eigenvalue weighted by Crippen LogP contribution is 2.34. The maximum atomic E-state index is 14.4. The topological polar surface area (TPSA) is 92.8 Å². The van der Waals surface area contributed by atoms with Gasteiger partial charge in [0.25, 0.3) is 0 Å². The molecule has 1 atom stereocenters. The largest absolute Gasteiger partial charge is 0.486 e. The van der Waals surface area contributed by atoms with E-state index in [1.165, 1.54) is 0 Å². The average Bonchev–Trinajstić information content (AvgIpc) is 2.54. The molecule has 1 unspecified atom stereocenters. The van der Waals surface area contributed by atoms with Crippen LogP contribution in [-0.2, 0) is 4.84 Å². The lowest BCUT2D eigenvalue weighted by Crippen LogP contribution is -2.57. The molecular weight excluding hydrogens is 291 g/mol. The molecule has 22 heavy (non-hydrogen) atoms. The number of hydrogen-bond acceptors (Lipinski definition) is 6. The summed E-state index contributed by atoms with van der Waals surface area (Å²) in [4.78, 5) is 5.15. The molecule has 2 aliphatic heterocycles. The molecule has 0 aliphatic carbocycles. The molecule has 8 heteroatoms. The van der Waals surface area contributed by atoms with Gasteiger partial charge in [0.15, 0.2) is 29.5 Å². The fraction of sp³-hybridized carbons (Fsp3) is 0.357. The summed E-state index contributed by atoms with van der Waals surface area (Å²) in [6.45, 7) is 2.95. The molecule has 0 saturated heterocycles. The van der Waals surface area contributed by atoms with Crippen molar-refractivity contribution >= 4 is 11.5 Å². The number of nitrogens with one attached hydrogen (secondary N) is 2. The number of benzene rings is 1. The van der Waals surface area contributed by atoms with Crippen LogP contribution in [0.2, 0.25) is 0 Å². The number of nitrogens with zero attached hydrogens (tertiary/aromatic N) is 1. The highest BCUT2D eigenvalue weighted by atomic mass is 19.1. The summed E-state index contributed by atoms with van der Waals surface area (Å²) >= 11 is 0. The fourth-order valence-corrected chi connectivity index (χ4v) is 2.32. The Hall–Kier alpha value is -2.32. The molecule has 1 aromatic rings. The minimum atomic E-state index is -0.852. The minimum Gasteiger partial charge on any atom is -0.486 e. The van der Waals surface area contributed by atoms with Gasteiger partial charge in [0, 0.05) is 5.56 Å². The van der Waals surface area contributed by atoms with E-state index >= 15 is 0 Å². The normalized spacial score (nSPS) is 21.0. The van der Waals surface area contributed by atoms with E-state index in [4.69, 9.17) is 25.5 Å². The molecule has 7 nitrogen and oxygen atoms in total. The number of nitrogens with two attached hydrogens (primary N) is 1. The smallest absolute Gasteiger partial charge is 0.191 e. The molecule has 2 heterocycles. The molecule has 0 bridgehead atoms. The lowest BCUT2D eigenvalue weighted by atomic mass is 10.1. The van der Waals surface area contributed by atoms with Crippen LogP contribution in [0.15, 0.2) is 24.0 Å². The molecule has 2 aliphatic rings. The molecule has 0 saturated carbocycles. The fourth-order valence-electron chi connectivity index (χ4n) is 2.32. The Kier molecular flexibility index (Phi) is 3.86. The third-order valence-electron chi connectivity index (χ3n) is 3.29. The van der Waals surface area contributed by atoms with Crippen LogP contribution in [0.4, 0.5) is 4.39 Å². The zero-order chi connectivity index (χ0) is 15.7. The van der Waals surface area contributed by atoms with Crippen LogP contribution in [0.25, 0.3) is 5.70 Å². The second kappa shape index (κ2) is 5.82. The number of fused-ring (bicyclic) bond motifs is 1. The van der Waals surface area contributed by atoms with Gasteiger partial charge in [0.05, 0.1) is 12.3 Å². The Balaban J connectivity index is 1.95. The van der Waals surface area contributed by atoms with Crippen LogP contribution in [0.3, 0.4) is 0 Å². The maximum Gasteiger partial charge on any atom is 0.191 e. The number of ether oxygens (including phenoxy) is 2. The van der Waals surface area contributed by atoms with Crippen molar-refractivity contribution in [2.75, 3.05) is 19.8 Å². The minimum absolute atomic E-state index is 0.130.